The van der Waals surface area contributed by atoms with Gasteiger partial charge in [-0.3, -0.25) is 19.6 Å². The van der Waals surface area contributed by atoms with Crippen LogP contribution < -0.4 is 5.32 Å². The number of carbonyl (C=O) groups is 1. The van der Waals surface area contributed by atoms with E-state index in [0.29, 0.717) is 11.6 Å². The standard InChI is InChI=1S/C25H31F3N4O2/c26-12-22(30-25(34)24(27)28)23(33)18-6-4-17(5-7-18)19-8-9-20(29-13-19)14-31-15-21(16-31)32-10-2-1-3-11-32/h4-9,13,21-24,33H,1-3,10-12,14-16H2,(H,30,34). The Morgan fingerprint density at radius 1 is 1.06 bits per heavy atom. The number of hydrogen-bond acceptors (Lipinski definition) is 5. The molecule has 2 saturated heterocycles. The highest BCUT2D eigenvalue weighted by Crippen LogP contribution is 2.25. The number of nitrogens with one attached hydrogen (secondary N) is 1. The minimum absolute atomic E-state index is 0.326. The highest BCUT2D eigenvalue weighted by molar-refractivity contribution is 5.79. The van der Waals surface area contributed by atoms with Gasteiger partial charge in [-0.15, -0.1) is 0 Å². The van der Waals surface area contributed by atoms with Crippen LogP contribution in [0.25, 0.3) is 11.1 Å². The molecule has 34 heavy (non-hydrogen) atoms. The van der Waals surface area contributed by atoms with Crippen molar-refractivity contribution in [2.45, 2.75) is 50.4 Å². The number of rotatable bonds is 9. The molecule has 2 atom stereocenters. The Bertz CT molecular complexity index is 930. The topological polar surface area (TPSA) is 68.7 Å². The second-order valence-corrected chi connectivity index (χ2v) is 9.12. The Morgan fingerprint density at radius 2 is 1.74 bits per heavy atom. The number of aromatic nitrogens is 1. The third kappa shape index (κ3) is 5.95. The molecule has 0 radical (unpaired) electrons. The number of nitrogens with zero attached hydrogens (tertiary/aromatic N) is 3. The Morgan fingerprint density at radius 3 is 2.32 bits per heavy atom. The number of amides is 1. The van der Waals surface area contributed by atoms with E-state index in [9.17, 15) is 23.1 Å². The number of alkyl halides is 3. The number of aliphatic hydroxyl groups excluding tert-OH is 1. The lowest BCUT2D eigenvalue weighted by Crippen LogP contribution is -2.59. The maximum Gasteiger partial charge on any atom is 0.315 e. The maximum absolute atomic E-state index is 13.2. The van der Waals surface area contributed by atoms with Crippen molar-refractivity contribution in [3.05, 3.63) is 53.9 Å². The zero-order valence-corrected chi connectivity index (χ0v) is 19.0. The number of benzene rings is 1. The first-order chi connectivity index (χ1) is 16.4. The molecule has 2 fully saturated rings. The highest BCUT2D eigenvalue weighted by atomic mass is 19.3. The van der Waals surface area contributed by atoms with Gasteiger partial charge in [0.05, 0.1) is 11.7 Å². The summed E-state index contributed by atoms with van der Waals surface area (Å²) in [5.74, 6) is -1.61. The van der Waals surface area contributed by atoms with E-state index in [1.54, 1.807) is 30.5 Å². The van der Waals surface area contributed by atoms with Gasteiger partial charge in [0.2, 0.25) is 0 Å². The number of halogens is 3. The summed E-state index contributed by atoms with van der Waals surface area (Å²) in [7, 11) is 0. The highest BCUT2D eigenvalue weighted by Gasteiger charge is 2.32. The van der Waals surface area contributed by atoms with E-state index in [1.807, 2.05) is 17.4 Å². The van der Waals surface area contributed by atoms with Crippen molar-refractivity contribution in [3.8, 4) is 11.1 Å². The van der Waals surface area contributed by atoms with E-state index in [2.05, 4.69) is 14.8 Å². The van der Waals surface area contributed by atoms with Crippen LogP contribution in [0.1, 0.15) is 36.6 Å². The Balaban J connectivity index is 1.30. The van der Waals surface area contributed by atoms with Gasteiger partial charge in [0, 0.05) is 37.4 Å². The number of piperidine rings is 1. The maximum atomic E-state index is 13.2. The van der Waals surface area contributed by atoms with Crippen molar-refractivity contribution in [1.82, 2.24) is 20.1 Å². The predicted octanol–water partition coefficient (Wildman–Crippen LogP) is 3.17. The fraction of sp³-hybridized carbons (Fsp3) is 0.520. The van der Waals surface area contributed by atoms with Crippen LogP contribution in [0, 0.1) is 0 Å². The van der Waals surface area contributed by atoms with E-state index < -0.39 is 31.2 Å². The lowest BCUT2D eigenvalue weighted by Gasteiger charge is -2.46. The Kier molecular flexibility index (Phi) is 8.18. The van der Waals surface area contributed by atoms with Gasteiger partial charge < -0.3 is 10.4 Å². The third-order valence-electron chi connectivity index (χ3n) is 6.71. The minimum atomic E-state index is -3.27. The zero-order chi connectivity index (χ0) is 24.1. The first kappa shape index (κ1) is 24.6. The molecule has 6 nitrogen and oxygen atoms in total. The second-order valence-electron chi connectivity index (χ2n) is 9.12. The summed E-state index contributed by atoms with van der Waals surface area (Å²) in [4.78, 5) is 20.8. The fourth-order valence-corrected chi connectivity index (χ4v) is 4.66. The van der Waals surface area contributed by atoms with Gasteiger partial charge in [-0.25, -0.2) is 4.39 Å². The predicted molar refractivity (Wildman–Crippen MR) is 123 cm³/mol. The SMILES string of the molecule is O=C(NC(CF)C(O)c1ccc(-c2ccc(CN3CC(N4CCCCC4)C3)nc2)cc1)C(F)F. The van der Waals surface area contributed by atoms with Crippen molar-refractivity contribution < 1.29 is 23.1 Å². The van der Waals surface area contributed by atoms with E-state index >= 15 is 0 Å². The molecule has 4 rings (SSSR count). The Hall–Kier alpha value is -2.49. The van der Waals surface area contributed by atoms with Crippen LogP contribution in [-0.2, 0) is 11.3 Å². The molecule has 2 aliphatic heterocycles. The fourth-order valence-electron chi connectivity index (χ4n) is 4.66. The summed E-state index contributed by atoms with van der Waals surface area (Å²) in [6.07, 6.45) is 1.07. The van der Waals surface area contributed by atoms with Crippen LogP contribution in [0.2, 0.25) is 0 Å². The quantitative estimate of drug-likeness (QED) is 0.582. The molecule has 2 unspecified atom stereocenters. The first-order valence-electron chi connectivity index (χ1n) is 11.8. The summed E-state index contributed by atoms with van der Waals surface area (Å²) in [5.41, 5.74) is 3.09. The smallest absolute Gasteiger partial charge is 0.315 e. The van der Waals surface area contributed by atoms with Gasteiger partial charge in [0.1, 0.15) is 12.8 Å². The summed E-state index contributed by atoms with van der Waals surface area (Å²) >= 11 is 0. The molecule has 0 bridgehead atoms. The molecule has 1 amide bonds. The number of aliphatic hydroxyl groups is 1. The molecule has 0 saturated carbocycles. The molecule has 2 N–H and O–H groups in total. The molecule has 1 aromatic heterocycles. The summed E-state index contributed by atoms with van der Waals surface area (Å²) in [6.45, 7) is 4.28. The van der Waals surface area contributed by atoms with Crippen LogP contribution >= 0.6 is 0 Å². The minimum Gasteiger partial charge on any atom is -0.386 e. The van der Waals surface area contributed by atoms with Crippen molar-refractivity contribution >= 4 is 5.91 Å². The number of carbonyl (C=O) groups excluding carboxylic acids is 1. The lowest BCUT2D eigenvalue weighted by molar-refractivity contribution is -0.133. The van der Waals surface area contributed by atoms with Crippen LogP contribution in [0.15, 0.2) is 42.6 Å². The Labute approximate surface area is 197 Å². The molecule has 2 aromatic rings. The summed E-state index contributed by atoms with van der Waals surface area (Å²) in [5, 5.41) is 12.1. The van der Waals surface area contributed by atoms with E-state index in [1.165, 1.54) is 32.4 Å². The number of hydrogen-bond donors (Lipinski definition) is 2. The molecular formula is C25H31F3N4O2. The first-order valence-corrected chi connectivity index (χ1v) is 11.8. The third-order valence-corrected chi connectivity index (χ3v) is 6.71. The molecule has 184 valence electrons. The van der Waals surface area contributed by atoms with Crippen molar-refractivity contribution in [1.29, 1.82) is 0 Å². The van der Waals surface area contributed by atoms with Crippen LogP contribution in [-0.4, -0.2) is 77.2 Å². The molecule has 3 heterocycles. The van der Waals surface area contributed by atoms with E-state index in [-0.39, 0.29) is 0 Å². The van der Waals surface area contributed by atoms with E-state index in [4.69, 9.17) is 0 Å². The van der Waals surface area contributed by atoms with Crippen LogP contribution in [0.5, 0.6) is 0 Å². The summed E-state index contributed by atoms with van der Waals surface area (Å²) in [6, 6.07) is 9.90. The zero-order valence-electron chi connectivity index (χ0n) is 19.0. The second kappa shape index (κ2) is 11.3. The van der Waals surface area contributed by atoms with Crippen molar-refractivity contribution in [3.63, 3.8) is 0 Å². The van der Waals surface area contributed by atoms with Crippen molar-refractivity contribution in [2.24, 2.45) is 0 Å². The molecule has 0 aliphatic carbocycles. The van der Waals surface area contributed by atoms with Gasteiger partial charge in [-0.05, 0) is 43.1 Å². The van der Waals surface area contributed by atoms with E-state index in [0.717, 1.165) is 36.5 Å². The largest absolute Gasteiger partial charge is 0.386 e. The van der Waals surface area contributed by atoms with Crippen LogP contribution in [0.3, 0.4) is 0 Å². The monoisotopic (exact) mass is 476 g/mol. The van der Waals surface area contributed by atoms with Gasteiger partial charge in [-0.1, -0.05) is 36.8 Å². The summed E-state index contributed by atoms with van der Waals surface area (Å²) < 4.78 is 38.0. The molecule has 0 spiro atoms. The normalized spacial score (nSPS) is 19.6. The van der Waals surface area contributed by atoms with Gasteiger partial charge in [-0.2, -0.15) is 8.78 Å². The molecule has 1 aromatic carbocycles. The molecule has 2 aliphatic rings. The van der Waals surface area contributed by atoms with Crippen LogP contribution in [0.4, 0.5) is 13.2 Å². The van der Waals surface area contributed by atoms with Crippen molar-refractivity contribution in [2.75, 3.05) is 32.9 Å². The average Bonchev–Trinajstić information content (AvgIpc) is 2.85. The van der Waals surface area contributed by atoms with Gasteiger partial charge >= 0.3 is 6.43 Å². The van der Waals surface area contributed by atoms with Gasteiger partial charge in [0.15, 0.2) is 0 Å². The average molecular weight is 477 g/mol. The lowest BCUT2D eigenvalue weighted by atomic mass is 9.99. The number of likely N-dealkylation sites (tertiary alicyclic amines) is 2. The number of pyridine rings is 1. The molecular weight excluding hydrogens is 445 g/mol. The van der Waals surface area contributed by atoms with Gasteiger partial charge in [0.25, 0.3) is 5.91 Å². The molecule has 9 heteroatoms.